The zero-order valence-electron chi connectivity index (χ0n) is 9.25. The topological polar surface area (TPSA) is 63.6 Å². The summed E-state index contributed by atoms with van der Waals surface area (Å²) in [6.45, 7) is 2.35. The molecule has 0 aromatic heterocycles. The molecule has 0 spiro atoms. The number of hydrogen-bond acceptors (Lipinski definition) is 3. The van der Waals surface area contributed by atoms with Gasteiger partial charge in [0.25, 0.3) is 10.1 Å². The van der Waals surface area contributed by atoms with Gasteiger partial charge in [-0.05, 0) is 30.5 Å². The van der Waals surface area contributed by atoms with E-state index in [1.54, 1.807) is 30.3 Å². The Morgan fingerprint density at radius 1 is 1.24 bits per heavy atom. The molecule has 5 heteroatoms. The van der Waals surface area contributed by atoms with Crippen molar-refractivity contribution in [1.29, 1.82) is 0 Å². The number of rotatable bonds is 3. The Labute approximate surface area is 99.6 Å². The fourth-order valence-corrected chi connectivity index (χ4v) is 2.41. The van der Waals surface area contributed by atoms with Crippen LogP contribution in [0, 0.1) is 0 Å². The lowest BCUT2D eigenvalue weighted by Crippen LogP contribution is -1.99. The van der Waals surface area contributed by atoms with Gasteiger partial charge >= 0.3 is 0 Å². The fraction of sp³-hybridized carbons (Fsp3) is 0.167. The van der Waals surface area contributed by atoms with Crippen LogP contribution in [0.5, 0.6) is 5.75 Å². The molecular weight excluding hydrogens is 240 g/mol. The van der Waals surface area contributed by atoms with Crippen LogP contribution < -0.4 is 4.74 Å². The maximum atomic E-state index is 11.2. The second-order valence-electron chi connectivity index (χ2n) is 3.55. The van der Waals surface area contributed by atoms with Crippen molar-refractivity contribution in [3.05, 3.63) is 36.4 Å². The molecule has 0 radical (unpaired) electrons. The lowest BCUT2D eigenvalue weighted by atomic mass is 10.1. The number of ether oxygens (including phenoxy) is 1. The Morgan fingerprint density at radius 2 is 2.00 bits per heavy atom. The van der Waals surface area contributed by atoms with Crippen LogP contribution in [0.25, 0.3) is 10.8 Å². The second-order valence-corrected chi connectivity index (χ2v) is 4.94. The molecule has 0 aliphatic rings. The molecular formula is C12H12O4S. The summed E-state index contributed by atoms with van der Waals surface area (Å²) in [4.78, 5) is -0.100. The van der Waals surface area contributed by atoms with Crippen molar-refractivity contribution in [2.75, 3.05) is 6.61 Å². The minimum Gasteiger partial charge on any atom is -0.494 e. The summed E-state index contributed by atoms with van der Waals surface area (Å²) in [5.74, 6) is 0.580. The molecule has 2 aromatic rings. The molecule has 0 aliphatic heterocycles. The maximum Gasteiger partial charge on any atom is 0.295 e. The highest BCUT2D eigenvalue weighted by molar-refractivity contribution is 7.86. The fourth-order valence-electron chi connectivity index (χ4n) is 1.70. The van der Waals surface area contributed by atoms with E-state index < -0.39 is 10.1 Å². The molecule has 2 aromatic carbocycles. The average molecular weight is 252 g/mol. The van der Waals surface area contributed by atoms with Gasteiger partial charge in [-0.1, -0.05) is 18.2 Å². The molecule has 1 N–H and O–H groups in total. The van der Waals surface area contributed by atoms with Gasteiger partial charge < -0.3 is 4.74 Å². The molecule has 2 rings (SSSR count). The molecule has 0 amide bonds. The zero-order valence-corrected chi connectivity index (χ0v) is 10.1. The van der Waals surface area contributed by atoms with Crippen LogP contribution in [0.15, 0.2) is 41.3 Å². The zero-order chi connectivity index (χ0) is 12.5. The van der Waals surface area contributed by atoms with Crippen molar-refractivity contribution in [2.24, 2.45) is 0 Å². The molecule has 90 valence electrons. The number of benzene rings is 2. The lowest BCUT2D eigenvalue weighted by molar-refractivity contribution is 0.340. The molecule has 0 fully saturated rings. The largest absolute Gasteiger partial charge is 0.494 e. The van der Waals surface area contributed by atoms with Gasteiger partial charge in [-0.25, -0.2) is 0 Å². The van der Waals surface area contributed by atoms with Crippen LogP contribution in [-0.4, -0.2) is 19.6 Å². The van der Waals surface area contributed by atoms with Gasteiger partial charge in [0.05, 0.1) is 6.61 Å². The lowest BCUT2D eigenvalue weighted by Gasteiger charge is -2.07. The molecule has 4 nitrogen and oxygen atoms in total. The Balaban J connectivity index is 2.73. The molecule has 0 aliphatic carbocycles. The van der Waals surface area contributed by atoms with E-state index in [9.17, 15) is 8.42 Å². The summed E-state index contributed by atoms with van der Waals surface area (Å²) in [6, 6.07) is 9.87. The summed E-state index contributed by atoms with van der Waals surface area (Å²) in [5.41, 5.74) is 0. The SMILES string of the molecule is CCOc1ccc2cccc(S(=O)(=O)O)c2c1. The summed E-state index contributed by atoms with van der Waals surface area (Å²) in [5, 5.41) is 1.20. The second kappa shape index (κ2) is 4.35. The van der Waals surface area contributed by atoms with Gasteiger partial charge in [0.1, 0.15) is 10.6 Å². The highest BCUT2D eigenvalue weighted by Gasteiger charge is 2.13. The maximum absolute atomic E-state index is 11.2. The summed E-state index contributed by atoms with van der Waals surface area (Å²) in [7, 11) is -4.22. The molecule has 0 heterocycles. The van der Waals surface area contributed by atoms with E-state index in [1.807, 2.05) is 6.92 Å². The van der Waals surface area contributed by atoms with Crippen LogP contribution in [0.1, 0.15) is 6.92 Å². The predicted molar refractivity (Wildman–Crippen MR) is 64.9 cm³/mol. The van der Waals surface area contributed by atoms with Gasteiger partial charge in [-0.15, -0.1) is 0 Å². The number of hydrogen-bond donors (Lipinski definition) is 1. The van der Waals surface area contributed by atoms with E-state index in [2.05, 4.69) is 0 Å². The summed E-state index contributed by atoms with van der Waals surface area (Å²) < 4.78 is 36.9. The first-order valence-electron chi connectivity index (χ1n) is 5.15. The van der Waals surface area contributed by atoms with Crippen molar-refractivity contribution in [3.8, 4) is 5.75 Å². The Hall–Kier alpha value is -1.59. The predicted octanol–water partition coefficient (Wildman–Crippen LogP) is 2.49. The summed E-state index contributed by atoms with van der Waals surface area (Å²) >= 11 is 0. The van der Waals surface area contributed by atoms with Crippen LogP contribution in [0.4, 0.5) is 0 Å². The van der Waals surface area contributed by atoms with Crippen LogP contribution in [0.3, 0.4) is 0 Å². The standard InChI is InChI=1S/C12H12O4S/c1-2-16-10-7-6-9-4-3-5-12(11(9)8-10)17(13,14)15/h3-8H,2H2,1H3,(H,13,14,15). The Bertz CT molecular complexity index is 647. The minimum atomic E-state index is -4.22. The van der Waals surface area contributed by atoms with Crippen molar-refractivity contribution < 1.29 is 17.7 Å². The van der Waals surface area contributed by atoms with E-state index in [0.29, 0.717) is 17.7 Å². The molecule has 0 unspecified atom stereocenters. The van der Waals surface area contributed by atoms with E-state index in [-0.39, 0.29) is 4.90 Å². The normalized spacial score (nSPS) is 11.6. The van der Waals surface area contributed by atoms with Crippen molar-refractivity contribution in [1.82, 2.24) is 0 Å². The van der Waals surface area contributed by atoms with E-state index in [1.165, 1.54) is 6.07 Å². The first-order chi connectivity index (χ1) is 8.02. The van der Waals surface area contributed by atoms with Crippen molar-refractivity contribution in [2.45, 2.75) is 11.8 Å². The van der Waals surface area contributed by atoms with Gasteiger partial charge in [-0.2, -0.15) is 8.42 Å². The van der Waals surface area contributed by atoms with Gasteiger partial charge in [-0.3, -0.25) is 4.55 Å². The first kappa shape index (κ1) is 11.9. The molecule has 0 saturated heterocycles. The third kappa shape index (κ3) is 2.40. The molecule has 0 bridgehead atoms. The Morgan fingerprint density at radius 3 is 2.65 bits per heavy atom. The Kier molecular flexibility index (Phi) is 3.04. The number of fused-ring (bicyclic) bond motifs is 1. The van der Waals surface area contributed by atoms with E-state index >= 15 is 0 Å². The van der Waals surface area contributed by atoms with Crippen LogP contribution >= 0.6 is 0 Å². The molecule has 0 atom stereocenters. The van der Waals surface area contributed by atoms with Gasteiger partial charge in [0.15, 0.2) is 0 Å². The molecule has 17 heavy (non-hydrogen) atoms. The van der Waals surface area contributed by atoms with Gasteiger partial charge in [0, 0.05) is 5.39 Å². The molecule has 0 saturated carbocycles. The minimum absolute atomic E-state index is 0.100. The van der Waals surface area contributed by atoms with Crippen molar-refractivity contribution >= 4 is 20.9 Å². The van der Waals surface area contributed by atoms with E-state index in [0.717, 1.165) is 5.39 Å². The smallest absolute Gasteiger partial charge is 0.295 e. The quantitative estimate of drug-likeness (QED) is 0.852. The highest BCUT2D eigenvalue weighted by atomic mass is 32.2. The third-order valence-corrected chi connectivity index (χ3v) is 3.31. The average Bonchev–Trinajstić information content (AvgIpc) is 2.27. The van der Waals surface area contributed by atoms with Crippen LogP contribution in [-0.2, 0) is 10.1 Å². The summed E-state index contributed by atoms with van der Waals surface area (Å²) in [6.07, 6.45) is 0. The van der Waals surface area contributed by atoms with Crippen LogP contribution in [0.2, 0.25) is 0 Å². The monoisotopic (exact) mass is 252 g/mol. The van der Waals surface area contributed by atoms with Gasteiger partial charge in [0.2, 0.25) is 0 Å². The highest BCUT2D eigenvalue weighted by Crippen LogP contribution is 2.26. The van der Waals surface area contributed by atoms with E-state index in [4.69, 9.17) is 9.29 Å². The first-order valence-corrected chi connectivity index (χ1v) is 6.59. The van der Waals surface area contributed by atoms with Crippen molar-refractivity contribution in [3.63, 3.8) is 0 Å². The third-order valence-electron chi connectivity index (χ3n) is 2.40.